The highest BCUT2D eigenvalue weighted by molar-refractivity contribution is 5.78. The van der Waals surface area contributed by atoms with Gasteiger partial charge in [0, 0.05) is 32.2 Å². The van der Waals surface area contributed by atoms with Crippen LogP contribution in [0.3, 0.4) is 0 Å². The van der Waals surface area contributed by atoms with Crippen LogP contribution in [0.1, 0.15) is 12.8 Å². The molecule has 1 heterocycles. The van der Waals surface area contributed by atoms with Gasteiger partial charge in [-0.25, -0.2) is 0 Å². The first kappa shape index (κ1) is 8.97. The van der Waals surface area contributed by atoms with E-state index in [1.54, 1.807) is 0 Å². The van der Waals surface area contributed by atoms with E-state index < -0.39 is 0 Å². The molecule has 1 saturated heterocycles. The van der Waals surface area contributed by atoms with Crippen LogP contribution in [-0.2, 0) is 4.79 Å². The molecule has 0 atom stereocenters. The second-order valence-corrected chi connectivity index (χ2v) is 3.87. The van der Waals surface area contributed by atoms with Gasteiger partial charge in [-0.15, -0.1) is 0 Å². The molecule has 0 bridgehead atoms. The van der Waals surface area contributed by atoms with Gasteiger partial charge in [0.2, 0.25) is 5.91 Å². The van der Waals surface area contributed by atoms with Crippen molar-refractivity contribution in [3.8, 4) is 0 Å². The van der Waals surface area contributed by atoms with Crippen molar-refractivity contribution in [2.75, 3.05) is 32.7 Å². The van der Waals surface area contributed by atoms with Crippen LogP contribution >= 0.6 is 0 Å². The summed E-state index contributed by atoms with van der Waals surface area (Å²) in [7, 11) is 0. The molecule has 0 unspecified atom stereocenters. The Morgan fingerprint density at radius 1 is 1.38 bits per heavy atom. The Balaban J connectivity index is 1.66. The molecule has 1 aliphatic carbocycles. The summed E-state index contributed by atoms with van der Waals surface area (Å²) < 4.78 is 0. The van der Waals surface area contributed by atoms with E-state index >= 15 is 0 Å². The Morgan fingerprint density at radius 3 is 2.69 bits per heavy atom. The number of hydrogen-bond donors (Lipinski definition) is 2. The fraction of sp³-hybridized carbons (Fsp3) is 0.889. The van der Waals surface area contributed by atoms with Crippen LogP contribution in [0.4, 0.5) is 0 Å². The van der Waals surface area contributed by atoms with Crippen LogP contribution in [0.15, 0.2) is 0 Å². The third-order valence-electron chi connectivity index (χ3n) is 2.52. The van der Waals surface area contributed by atoms with E-state index in [1.807, 2.05) is 0 Å². The SMILES string of the molecule is O=C(CN1CCNCC1)NC1CC1. The minimum absolute atomic E-state index is 0.199. The zero-order valence-electron chi connectivity index (χ0n) is 7.88. The van der Waals surface area contributed by atoms with E-state index in [2.05, 4.69) is 15.5 Å². The van der Waals surface area contributed by atoms with Gasteiger partial charge in [0.15, 0.2) is 0 Å². The van der Waals surface area contributed by atoms with Crippen molar-refractivity contribution in [2.24, 2.45) is 0 Å². The van der Waals surface area contributed by atoms with Crippen molar-refractivity contribution in [2.45, 2.75) is 18.9 Å². The molecule has 4 heteroatoms. The molecule has 1 saturated carbocycles. The molecule has 13 heavy (non-hydrogen) atoms. The monoisotopic (exact) mass is 183 g/mol. The maximum absolute atomic E-state index is 11.4. The maximum Gasteiger partial charge on any atom is 0.234 e. The van der Waals surface area contributed by atoms with Gasteiger partial charge in [-0.3, -0.25) is 9.69 Å². The number of nitrogens with one attached hydrogen (secondary N) is 2. The largest absolute Gasteiger partial charge is 0.352 e. The van der Waals surface area contributed by atoms with E-state index in [-0.39, 0.29) is 5.91 Å². The highest BCUT2D eigenvalue weighted by Gasteiger charge is 2.24. The molecular formula is C9H17N3O. The third kappa shape index (κ3) is 2.97. The van der Waals surface area contributed by atoms with Gasteiger partial charge in [0.1, 0.15) is 0 Å². The van der Waals surface area contributed by atoms with Crippen molar-refractivity contribution in [3.05, 3.63) is 0 Å². The van der Waals surface area contributed by atoms with E-state index in [1.165, 1.54) is 12.8 Å². The van der Waals surface area contributed by atoms with Gasteiger partial charge >= 0.3 is 0 Å². The van der Waals surface area contributed by atoms with Crippen molar-refractivity contribution >= 4 is 5.91 Å². The summed E-state index contributed by atoms with van der Waals surface area (Å²) in [6.45, 7) is 4.60. The van der Waals surface area contributed by atoms with Crippen molar-refractivity contribution in [1.29, 1.82) is 0 Å². The Hall–Kier alpha value is -0.610. The van der Waals surface area contributed by atoms with Gasteiger partial charge in [-0.1, -0.05) is 0 Å². The number of nitrogens with zero attached hydrogens (tertiary/aromatic N) is 1. The predicted molar refractivity (Wildman–Crippen MR) is 50.5 cm³/mol. The minimum Gasteiger partial charge on any atom is -0.352 e. The molecule has 0 aromatic rings. The van der Waals surface area contributed by atoms with Crippen LogP contribution in [0.25, 0.3) is 0 Å². The number of carbonyl (C=O) groups excluding carboxylic acids is 1. The molecule has 0 aromatic heterocycles. The Labute approximate surface area is 78.7 Å². The van der Waals surface area contributed by atoms with Crippen molar-refractivity contribution in [3.63, 3.8) is 0 Å². The number of amides is 1. The quantitative estimate of drug-likeness (QED) is 0.600. The highest BCUT2D eigenvalue weighted by Crippen LogP contribution is 2.18. The topological polar surface area (TPSA) is 44.4 Å². The molecule has 1 amide bonds. The Morgan fingerprint density at radius 2 is 2.08 bits per heavy atom. The lowest BCUT2D eigenvalue weighted by Crippen LogP contribution is -2.47. The summed E-state index contributed by atoms with van der Waals surface area (Å²) in [5.74, 6) is 0.199. The van der Waals surface area contributed by atoms with Crippen LogP contribution in [0, 0.1) is 0 Å². The molecule has 2 rings (SSSR count). The number of rotatable bonds is 3. The molecule has 2 fully saturated rings. The van der Waals surface area contributed by atoms with Crippen molar-refractivity contribution in [1.82, 2.24) is 15.5 Å². The molecular weight excluding hydrogens is 166 g/mol. The Kier molecular flexibility index (Phi) is 2.80. The lowest BCUT2D eigenvalue weighted by Gasteiger charge is -2.26. The first-order valence-corrected chi connectivity index (χ1v) is 5.07. The smallest absolute Gasteiger partial charge is 0.234 e. The van der Waals surface area contributed by atoms with E-state index in [9.17, 15) is 4.79 Å². The van der Waals surface area contributed by atoms with Crippen LogP contribution in [-0.4, -0.2) is 49.6 Å². The van der Waals surface area contributed by atoms with E-state index in [0.717, 1.165) is 26.2 Å². The molecule has 0 spiro atoms. The first-order valence-electron chi connectivity index (χ1n) is 5.07. The van der Waals surface area contributed by atoms with E-state index in [4.69, 9.17) is 0 Å². The maximum atomic E-state index is 11.4. The predicted octanol–water partition coefficient (Wildman–Crippen LogP) is -0.830. The van der Waals surface area contributed by atoms with E-state index in [0.29, 0.717) is 12.6 Å². The molecule has 4 nitrogen and oxygen atoms in total. The van der Waals surface area contributed by atoms with Crippen LogP contribution < -0.4 is 10.6 Å². The summed E-state index contributed by atoms with van der Waals surface area (Å²) in [5, 5.41) is 6.27. The lowest BCUT2D eigenvalue weighted by atomic mass is 10.3. The fourth-order valence-electron chi connectivity index (χ4n) is 1.57. The highest BCUT2D eigenvalue weighted by atomic mass is 16.2. The van der Waals surface area contributed by atoms with Crippen LogP contribution in [0.2, 0.25) is 0 Å². The fourth-order valence-corrected chi connectivity index (χ4v) is 1.57. The zero-order valence-corrected chi connectivity index (χ0v) is 7.88. The normalized spacial score (nSPS) is 24.3. The number of carbonyl (C=O) groups is 1. The lowest BCUT2D eigenvalue weighted by molar-refractivity contribution is -0.122. The number of piperazine rings is 1. The Bertz CT molecular complexity index is 185. The second kappa shape index (κ2) is 4.07. The molecule has 0 aromatic carbocycles. The number of hydrogen-bond acceptors (Lipinski definition) is 3. The van der Waals surface area contributed by atoms with Gasteiger partial charge in [-0.05, 0) is 12.8 Å². The summed E-state index contributed by atoms with van der Waals surface area (Å²) >= 11 is 0. The van der Waals surface area contributed by atoms with Gasteiger partial charge < -0.3 is 10.6 Å². The summed E-state index contributed by atoms with van der Waals surface area (Å²) in [5.41, 5.74) is 0. The van der Waals surface area contributed by atoms with Crippen molar-refractivity contribution < 1.29 is 4.79 Å². The molecule has 74 valence electrons. The van der Waals surface area contributed by atoms with Gasteiger partial charge in [0.05, 0.1) is 6.54 Å². The molecule has 0 radical (unpaired) electrons. The standard InChI is InChI=1S/C9H17N3O/c13-9(11-8-1-2-8)7-12-5-3-10-4-6-12/h8,10H,1-7H2,(H,11,13). The van der Waals surface area contributed by atoms with Crippen LogP contribution in [0.5, 0.6) is 0 Å². The molecule has 2 aliphatic rings. The first-order chi connectivity index (χ1) is 6.34. The summed E-state index contributed by atoms with van der Waals surface area (Å²) in [4.78, 5) is 13.6. The second-order valence-electron chi connectivity index (χ2n) is 3.87. The third-order valence-corrected chi connectivity index (χ3v) is 2.52. The summed E-state index contributed by atoms with van der Waals surface area (Å²) in [6.07, 6.45) is 2.35. The average Bonchev–Trinajstić information content (AvgIpc) is 2.90. The van der Waals surface area contributed by atoms with Gasteiger partial charge in [0.25, 0.3) is 0 Å². The molecule has 2 N–H and O–H groups in total. The zero-order chi connectivity index (χ0) is 9.10. The minimum atomic E-state index is 0.199. The van der Waals surface area contributed by atoms with Gasteiger partial charge in [-0.2, -0.15) is 0 Å². The summed E-state index contributed by atoms with van der Waals surface area (Å²) in [6, 6.07) is 0.496. The average molecular weight is 183 g/mol. The molecule has 1 aliphatic heterocycles.